The highest BCUT2D eigenvalue weighted by Crippen LogP contribution is 2.45. The van der Waals surface area contributed by atoms with Crippen LogP contribution in [0.5, 0.6) is 5.75 Å². The molecule has 0 bridgehead atoms. The van der Waals surface area contributed by atoms with Crippen molar-refractivity contribution in [1.29, 1.82) is 0 Å². The molecule has 2 saturated carbocycles. The maximum atomic E-state index is 12.0. The highest BCUT2D eigenvalue weighted by molar-refractivity contribution is 6.02. The van der Waals surface area contributed by atoms with Crippen LogP contribution in [0.4, 0.5) is 16.2 Å². The zero-order valence-electron chi connectivity index (χ0n) is 18.2. The van der Waals surface area contributed by atoms with Gasteiger partial charge in [0.15, 0.2) is 0 Å². The van der Waals surface area contributed by atoms with Crippen molar-refractivity contribution in [2.24, 2.45) is 0 Å². The molecule has 4 N–H and O–H groups in total. The number of nitrogens with two attached hydrogens (primary N) is 1. The van der Waals surface area contributed by atoms with Crippen molar-refractivity contribution >= 4 is 28.3 Å². The number of fused-ring (bicyclic) bond motifs is 1. The van der Waals surface area contributed by atoms with E-state index in [0.717, 1.165) is 52.1 Å². The lowest BCUT2D eigenvalue weighted by Gasteiger charge is -2.30. The van der Waals surface area contributed by atoms with Gasteiger partial charge < -0.3 is 25.7 Å². The summed E-state index contributed by atoms with van der Waals surface area (Å²) in [4.78, 5) is 12.0. The molecule has 0 atom stereocenters. The second-order valence-corrected chi connectivity index (χ2v) is 9.04. The highest BCUT2D eigenvalue weighted by atomic mass is 16.5. The van der Waals surface area contributed by atoms with Crippen LogP contribution in [-0.2, 0) is 0 Å². The van der Waals surface area contributed by atoms with Crippen molar-refractivity contribution in [2.45, 2.75) is 64.1 Å². The average Bonchev–Trinajstić information content (AvgIpc) is 3.45. The topological polar surface area (TPSA) is 81.3 Å². The summed E-state index contributed by atoms with van der Waals surface area (Å²) in [6, 6.07) is 14.6. The fourth-order valence-electron chi connectivity index (χ4n) is 4.23. The van der Waals surface area contributed by atoms with Crippen molar-refractivity contribution in [2.75, 3.05) is 11.1 Å². The number of aromatic nitrogens is 1. The van der Waals surface area contributed by atoms with Crippen molar-refractivity contribution < 1.29 is 9.53 Å². The zero-order chi connectivity index (χ0) is 21.5. The first-order valence-electron chi connectivity index (χ1n) is 11.3. The van der Waals surface area contributed by atoms with Gasteiger partial charge in [-0.2, -0.15) is 0 Å². The van der Waals surface area contributed by atoms with Gasteiger partial charge in [-0.25, -0.2) is 4.79 Å². The fraction of sp³-hybridized carbons (Fsp3) is 0.400. The third kappa shape index (κ3) is 3.94. The first kappa shape index (κ1) is 19.8. The Hall–Kier alpha value is -3.15. The number of carbonyl (C=O) groups excluding carboxylic acids is 1. The lowest BCUT2D eigenvalue weighted by atomic mass is 9.92. The third-order valence-corrected chi connectivity index (χ3v) is 6.12. The van der Waals surface area contributed by atoms with E-state index >= 15 is 0 Å². The smallest absolute Gasteiger partial charge is 0.319 e. The highest BCUT2D eigenvalue weighted by Gasteiger charge is 2.28. The normalized spacial score (nSPS) is 16.4. The summed E-state index contributed by atoms with van der Waals surface area (Å²) in [5, 5.41) is 6.79. The van der Waals surface area contributed by atoms with Crippen LogP contribution in [0.25, 0.3) is 22.2 Å². The third-order valence-electron chi connectivity index (χ3n) is 6.12. The molecule has 2 amide bonds. The van der Waals surface area contributed by atoms with Crippen molar-refractivity contribution in [3.8, 4) is 17.0 Å². The number of nitrogens with one attached hydrogen (secondary N) is 2. The number of ether oxygens (including phenoxy) is 1. The van der Waals surface area contributed by atoms with Crippen LogP contribution in [0.3, 0.4) is 0 Å². The number of nitrogen functional groups attached to an aromatic ring is 1. The molecule has 1 heterocycles. The van der Waals surface area contributed by atoms with E-state index in [1.165, 1.54) is 19.3 Å². The van der Waals surface area contributed by atoms with Crippen LogP contribution in [-0.4, -0.2) is 22.7 Å². The number of hydrogen-bond acceptors (Lipinski definition) is 3. The van der Waals surface area contributed by atoms with Gasteiger partial charge in [-0.3, -0.25) is 0 Å². The number of anilines is 2. The van der Waals surface area contributed by atoms with E-state index < -0.39 is 0 Å². The van der Waals surface area contributed by atoms with Crippen LogP contribution in [0.15, 0.2) is 42.5 Å². The number of hydrogen-bond donors (Lipinski definition) is 3. The number of nitrogens with zero attached hydrogens (tertiary/aromatic N) is 1. The number of rotatable bonds is 6. The van der Waals surface area contributed by atoms with E-state index in [1.807, 2.05) is 44.2 Å². The second kappa shape index (κ2) is 7.84. The fourth-order valence-corrected chi connectivity index (χ4v) is 4.23. The molecule has 0 saturated heterocycles. The van der Waals surface area contributed by atoms with Crippen molar-refractivity contribution in [3.63, 3.8) is 0 Å². The van der Waals surface area contributed by atoms with E-state index in [1.54, 1.807) is 0 Å². The first-order chi connectivity index (χ1) is 15.0. The Labute approximate surface area is 182 Å². The Morgan fingerprint density at radius 1 is 1.10 bits per heavy atom. The molecule has 5 rings (SSSR count). The Morgan fingerprint density at radius 3 is 2.45 bits per heavy atom. The first-order valence-corrected chi connectivity index (χ1v) is 11.3. The van der Waals surface area contributed by atoms with Crippen molar-refractivity contribution in [3.05, 3.63) is 42.5 Å². The van der Waals surface area contributed by atoms with Gasteiger partial charge >= 0.3 is 6.03 Å². The standard InChI is InChI=1S/C25H30N4O2/c1-15(2)27-25(30)28-17-8-6-16(7-9-17)24-23(26)21-13-12-20(31-19-10-11-19)14-22(21)29(24)18-4-3-5-18/h6-9,12-15,18-19H,3-5,10-11,26H2,1-2H3,(H2,27,28,30). The van der Waals surface area contributed by atoms with Gasteiger partial charge in [0, 0.05) is 34.8 Å². The quantitative estimate of drug-likeness (QED) is 0.481. The average molecular weight is 419 g/mol. The molecule has 162 valence electrons. The van der Waals surface area contributed by atoms with Crippen LogP contribution >= 0.6 is 0 Å². The number of urea groups is 1. The predicted molar refractivity (Wildman–Crippen MR) is 126 cm³/mol. The van der Waals surface area contributed by atoms with Gasteiger partial charge in [0.05, 0.1) is 23.0 Å². The molecule has 0 aliphatic heterocycles. The maximum absolute atomic E-state index is 12.0. The summed E-state index contributed by atoms with van der Waals surface area (Å²) in [6.45, 7) is 3.87. The van der Waals surface area contributed by atoms with E-state index in [0.29, 0.717) is 12.1 Å². The SMILES string of the molecule is CC(C)NC(=O)Nc1ccc(-c2c(N)c3ccc(OC4CC4)cc3n2C2CCC2)cc1. The Kier molecular flexibility index (Phi) is 5.00. The van der Waals surface area contributed by atoms with E-state index in [4.69, 9.17) is 10.5 Å². The number of carbonyl (C=O) groups is 1. The van der Waals surface area contributed by atoms with Crippen molar-refractivity contribution in [1.82, 2.24) is 9.88 Å². The molecule has 0 radical (unpaired) electrons. The summed E-state index contributed by atoms with van der Waals surface area (Å²) in [6.07, 6.45) is 6.23. The Balaban J connectivity index is 1.51. The minimum Gasteiger partial charge on any atom is -0.490 e. The largest absolute Gasteiger partial charge is 0.490 e. The minimum atomic E-state index is -0.200. The number of amides is 2. The summed E-state index contributed by atoms with van der Waals surface area (Å²) in [7, 11) is 0. The molecule has 2 aliphatic carbocycles. The molecule has 3 aromatic rings. The van der Waals surface area contributed by atoms with E-state index in [9.17, 15) is 4.79 Å². The molecule has 31 heavy (non-hydrogen) atoms. The molecule has 0 spiro atoms. The molecular formula is C25H30N4O2. The molecule has 2 fully saturated rings. The van der Waals surface area contributed by atoms with Gasteiger partial charge in [-0.15, -0.1) is 0 Å². The maximum Gasteiger partial charge on any atom is 0.319 e. The van der Waals surface area contributed by atoms with Crippen LogP contribution in [0.2, 0.25) is 0 Å². The van der Waals surface area contributed by atoms with Crippen LogP contribution < -0.4 is 21.1 Å². The molecule has 2 aliphatic rings. The van der Waals surface area contributed by atoms with E-state index in [2.05, 4.69) is 27.3 Å². The van der Waals surface area contributed by atoms with Crippen LogP contribution in [0.1, 0.15) is 52.0 Å². The monoisotopic (exact) mass is 418 g/mol. The molecule has 2 aromatic carbocycles. The van der Waals surface area contributed by atoms with Gasteiger partial charge in [-0.1, -0.05) is 12.1 Å². The molecule has 6 heteroatoms. The molecular weight excluding hydrogens is 388 g/mol. The summed E-state index contributed by atoms with van der Waals surface area (Å²) in [5.41, 5.74) is 11.5. The van der Waals surface area contributed by atoms with Crippen LogP contribution in [0, 0.1) is 0 Å². The van der Waals surface area contributed by atoms with Gasteiger partial charge in [0.2, 0.25) is 0 Å². The van der Waals surface area contributed by atoms with Gasteiger partial charge in [-0.05, 0) is 70.2 Å². The van der Waals surface area contributed by atoms with Gasteiger partial charge in [0.25, 0.3) is 0 Å². The predicted octanol–water partition coefficient (Wildman–Crippen LogP) is 5.69. The minimum absolute atomic E-state index is 0.0889. The summed E-state index contributed by atoms with van der Waals surface area (Å²) >= 11 is 0. The summed E-state index contributed by atoms with van der Waals surface area (Å²) < 4.78 is 8.46. The Morgan fingerprint density at radius 2 is 1.84 bits per heavy atom. The lowest BCUT2D eigenvalue weighted by Crippen LogP contribution is -2.34. The Bertz CT molecular complexity index is 1110. The second-order valence-electron chi connectivity index (χ2n) is 9.04. The lowest BCUT2D eigenvalue weighted by molar-refractivity contribution is 0.250. The molecule has 1 aromatic heterocycles. The van der Waals surface area contributed by atoms with Gasteiger partial charge in [0.1, 0.15) is 5.75 Å². The molecule has 0 unspecified atom stereocenters. The summed E-state index contributed by atoms with van der Waals surface area (Å²) in [5.74, 6) is 0.926. The zero-order valence-corrected chi connectivity index (χ0v) is 18.2. The van der Waals surface area contributed by atoms with E-state index in [-0.39, 0.29) is 12.1 Å². The molecule has 6 nitrogen and oxygen atoms in total. The number of benzene rings is 2.